The Hall–Kier alpha value is -4.31. The summed E-state index contributed by atoms with van der Waals surface area (Å²) in [4.78, 5) is 37.3. The highest BCUT2D eigenvalue weighted by molar-refractivity contribution is 5.71. The fourth-order valence-electron chi connectivity index (χ4n) is 6.60. The molecule has 0 bridgehead atoms. The second-order valence-electron chi connectivity index (χ2n) is 18.4. The highest BCUT2D eigenvalue weighted by Gasteiger charge is 2.25. The number of ether oxygens (including phenoxy) is 4. The van der Waals surface area contributed by atoms with E-state index in [-0.39, 0.29) is 38.6 Å². The number of carboxylic acid groups (broad SMARTS) is 1. The smallest absolute Gasteiger partial charge is 0.361 e. The van der Waals surface area contributed by atoms with E-state index in [0.29, 0.717) is 23.9 Å². The van der Waals surface area contributed by atoms with Crippen molar-refractivity contribution in [3.05, 3.63) is 122 Å². The molecule has 0 saturated carbocycles. The van der Waals surface area contributed by atoms with Gasteiger partial charge in [0, 0.05) is 12.8 Å². The van der Waals surface area contributed by atoms with Crippen molar-refractivity contribution < 1.29 is 42.9 Å². The van der Waals surface area contributed by atoms with Crippen LogP contribution < -0.4 is 0 Å². The van der Waals surface area contributed by atoms with Crippen molar-refractivity contribution in [2.45, 2.75) is 193 Å². The number of likely N-dealkylation sites (N-methyl/N-ethyl adjacent to an activating group) is 1. The van der Waals surface area contributed by atoms with Crippen molar-refractivity contribution in [3.8, 4) is 0 Å². The zero-order valence-corrected chi connectivity index (χ0v) is 44.2. The first kappa shape index (κ1) is 64.7. The van der Waals surface area contributed by atoms with Gasteiger partial charge in [0.25, 0.3) is 6.29 Å². The van der Waals surface area contributed by atoms with Gasteiger partial charge < -0.3 is 28.5 Å². The van der Waals surface area contributed by atoms with Crippen molar-refractivity contribution >= 4 is 17.9 Å². The molecule has 2 atom stereocenters. The first-order valence-corrected chi connectivity index (χ1v) is 26.7. The molecule has 0 heterocycles. The molecule has 0 aliphatic carbocycles. The molecule has 0 radical (unpaired) electrons. The zero-order valence-electron chi connectivity index (χ0n) is 44.2. The first-order chi connectivity index (χ1) is 33.6. The minimum Gasteiger partial charge on any atom is -0.477 e. The highest BCUT2D eigenvalue weighted by Crippen LogP contribution is 2.12. The minimum absolute atomic E-state index is 0.169. The van der Waals surface area contributed by atoms with Crippen molar-refractivity contribution in [2.24, 2.45) is 0 Å². The van der Waals surface area contributed by atoms with Gasteiger partial charge >= 0.3 is 17.9 Å². The third-order valence-corrected chi connectivity index (χ3v) is 10.7. The molecule has 0 aromatic carbocycles. The molecular formula is C60H98NO8+. The average molecular weight is 961 g/mol. The summed E-state index contributed by atoms with van der Waals surface area (Å²) in [5, 5.41) is 9.67. The monoisotopic (exact) mass is 961 g/mol. The van der Waals surface area contributed by atoms with Gasteiger partial charge in [0.2, 0.25) is 0 Å². The van der Waals surface area contributed by atoms with Crippen LogP contribution in [0.2, 0.25) is 0 Å². The number of quaternary nitrogens is 1. The van der Waals surface area contributed by atoms with Gasteiger partial charge in [-0.05, 0) is 103 Å². The minimum atomic E-state index is -1.53. The van der Waals surface area contributed by atoms with Crippen LogP contribution in [0.1, 0.15) is 181 Å². The van der Waals surface area contributed by atoms with Crippen molar-refractivity contribution in [3.63, 3.8) is 0 Å². The molecule has 0 aliphatic rings. The number of hydrogen-bond acceptors (Lipinski definition) is 7. The van der Waals surface area contributed by atoms with Crippen LogP contribution >= 0.6 is 0 Å². The summed E-state index contributed by atoms with van der Waals surface area (Å²) in [5.41, 5.74) is 0. The average Bonchev–Trinajstić information content (AvgIpc) is 3.31. The van der Waals surface area contributed by atoms with E-state index in [0.717, 1.165) is 96.3 Å². The molecule has 0 aromatic rings. The molecule has 0 aromatic heterocycles. The lowest BCUT2D eigenvalue weighted by molar-refractivity contribution is -0.870. The summed E-state index contributed by atoms with van der Waals surface area (Å²) in [6, 6.07) is 0. The number of unbranched alkanes of at least 4 members (excludes halogenated alkanes) is 12. The van der Waals surface area contributed by atoms with Crippen LogP contribution in [0, 0.1) is 0 Å². The Labute approximate surface area is 421 Å². The molecule has 0 saturated heterocycles. The molecule has 69 heavy (non-hydrogen) atoms. The molecule has 0 fully saturated rings. The number of hydrogen-bond donors (Lipinski definition) is 1. The van der Waals surface area contributed by atoms with Gasteiger partial charge in [-0.25, -0.2) is 4.79 Å². The lowest BCUT2D eigenvalue weighted by atomic mass is 10.1. The van der Waals surface area contributed by atoms with Gasteiger partial charge in [-0.15, -0.1) is 0 Å². The summed E-state index contributed by atoms with van der Waals surface area (Å²) in [6.45, 7) is 4.65. The fourth-order valence-corrected chi connectivity index (χ4v) is 6.60. The van der Waals surface area contributed by atoms with Crippen LogP contribution in [0.25, 0.3) is 0 Å². The first-order valence-electron chi connectivity index (χ1n) is 26.7. The molecule has 0 aliphatic heterocycles. The van der Waals surface area contributed by atoms with Crippen LogP contribution in [-0.4, -0.2) is 87.4 Å². The van der Waals surface area contributed by atoms with E-state index in [2.05, 4.69) is 135 Å². The summed E-state index contributed by atoms with van der Waals surface area (Å²) in [7, 11) is 5.93. The van der Waals surface area contributed by atoms with Gasteiger partial charge in [-0.2, -0.15) is 0 Å². The predicted octanol–water partition coefficient (Wildman–Crippen LogP) is 15.3. The topological polar surface area (TPSA) is 108 Å². The molecule has 9 heteroatoms. The molecule has 0 amide bonds. The van der Waals surface area contributed by atoms with Gasteiger partial charge in [0.05, 0.1) is 34.4 Å². The van der Waals surface area contributed by atoms with E-state index in [9.17, 15) is 19.5 Å². The van der Waals surface area contributed by atoms with Gasteiger partial charge in [-0.1, -0.05) is 187 Å². The van der Waals surface area contributed by atoms with Gasteiger partial charge in [0.15, 0.2) is 6.10 Å². The van der Waals surface area contributed by atoms with Crippen molar-refractivity contribution in [1.29, 1.82) is 0 Å². The van der Waals surface area contributed by atoms with Crippen LogP contribution in [-0.2, 0) is 33.3 Å². The fraction of sp³-hybridized carbons (Fsp3) is 0.617. The van der Waals surface area contributed by atoms with Gasteiger partial charge in [-0.3, -0.25) is 9.59 Å². The molecule has 0 spiro atoms. The van der Waals surface area contributed by atoms with E-state index >= 15 is 0 Å². The quantitative estimate of drug-likeness (QED) is 0.0211. The summed E-state index contributed by atoms with van der Waals surface area (Å²) < 4.78 is 22.7. The van der Waals surface area contributed by atoms with Crippen LogP contribution in [0.15, 0.2) is 122 Å². The maximum Gasteiger partial charge on any atom is 0.361 e. The van der Waals surface area contributed by atoms with E-state index in [1.54, 1.807) is 0 Å². The SMILES string of the molecule is CC/C=C\C/C=C\C/C=C\C/C=C\C/C=C\C/C=C\C/C=C\C/C=C\C/C=C\CCCC(=O)OC(COC(=O)CCCCCCC/C=C\CCCCCCCC)COC(OCC[N+](C)(C)C)C(=O)O. The number of allylic oxidation sites excluding steroid dienone is 20. The summed E-state index contributed by atoms with van der Waals surface area (Å²) in [5.74, 6) is -2.12. The maximum absolute atomic E-state index is 12.8. The molecule has 1 N–H and O–H groups in total. The predicted molar refractivity (Wildman–Crippen MR) is 290 cm³/mol. The van der Waals surface area contributed by atoms with E-state index < -0.39 is 24.3 Å². The number of rotatable bonds is 47. The number of aliphatic carboxylic acids is 1. The normalized spacial score (nSPS) is 13.8. The number of esters is 2. The van der Waals surface area contributed by atoms with E-state index in [1.807, 2.05) is 21.1 Å². The molecule has 390 valence electrons. The number of carbonyl (C=O) groups is 3. The Kier molecular flexibility index (Phi) is 47.0. The summed E-state index contributed by atoms with van der Waals surface area (Å²) in [6.07, 6.45) is 67.1. The van der Waals surface area contributed by atoms with E-state index in [4.69, 9.17) is 18.9 Å². The molecule has 9 nitrogen and oxygen atoms in total. The second kappa shape index (κ2) is 50.1. The largest absolute Gasteiger partial charge is 0.477 e. The Bertz CT molecular complexity index is 1540. The zero-order chi connectivity index (χ0) is 50.6. The Morgan fingerprint density at radius 3 is 1.29 bits per heavy atom. The molecule has 2 unspecified atom stereocenters. The third-order valence-electron chi connectivity index (χ3n) is 10.7. The summed E-state index contributed by atoms with van der Waals surface area (Å²) >= 11 is 0. The molecular weight excluding hydrogens is 863 g/mol. The highest BCUT2D eigenvalue weighted by atomic mass is 16.7. The number of carbonyl (C=O) groups excluding carboxylic acids is 2. The van der Waals surface area contributed by atoms with Crippen molar-refractivity contribution in [1.82, 2.24) is 0 Å². The van der Waals surface area contributed by atoms with Crippen LogP contribution in [0.3, 0.4) is 0 Å². The lowest BCUT2D eigenvalue weighted by Gasteiger charge is -2.25. The van der Waals surface area contributed by atoms with Crippen LogP contribution in [0.5, 0.6) is 0 Å². The Balaban J connectivity index is 4.46. The number of nitrogens with zero attached hydrogens (tertiary/aromatic N) is 1. The van der Waals surface area contributed by atoms with Crippen molar-refractivity contribution in [2.75, 3.05) is 47.5 Å². The van der Waals surface area contributed by atoms with Crippen LogP contribution in [0.4, 0.5) is 0 Å². The number of carboxylic acids is 1. The standard InChI is InChI=1S/C60H97NO8/c1-6-8-10-12-14-16-18-20-22-23-24-25-26-27-28-29-30-31-32-33-34-35-37-39-41-43-45-47-49-51-58(63)69-56(55-68-60(59(64)65)66-53-52-61(3,4)5)54-67-57(62)50-48-46-44-42-40-38-36-21-19-17-15-13-11-9-7-2/h8,10,14,16,20-22,24-25,27-28,30-31,33-34,36-37,39,43,45,56,60H,6-7,9,11-13,15,17-19,23,26,29,32,35,38,40-42,44,46-55H2,1-5H3/p+1/b10-8-,16-14-,22-20-,25-24-,28-27-,31-30-,34-33-,36-21-,39-37-,45-43-. The maximum atomic E-state index is 12.8. The molecule has 0 rings (SSSR count). The Morgan fingerprint density at radius 2 is 0.841 bits per heavy atom. The lowest BCUT2D eigenvalue weighted by Crippen LogP contribution is -2.40. The third kappa shape index (κ3) is 51.4. The second-order valence-corrected chi connectivity index (χ2v) is 18.4. The van der Waals surface area contributed by atoms with E-state index in [1.165, 1.54) is 44.9 Å². The van der Waals surface area contributed by atoms with Gasteiger partial charge in [0.1, 0.15) is 13.2 Å². The Morgan fingerprint density at radius 1 is 0.449 bits per heavy atom.